The molecule has 0 fully saturated rings. The lowest BCUT2D eigenvalue weighted by Gasteiger charge is -2.13. The summed E-state index contributed by atoms with van der Waals surface area (Å²) >= 11 is 1.60. The summed E-state index contributed by atoms with van der Waals surface area (Å²) in [6.07, 6.45) is -0.269. The van der Waals surface area contributed by atoms with Crippen molar-refractivity contribution in [1.82, 2.24) is 5.32 Å². The Hall–Kier alpha value is -1.36. The molecule has 4 heteroatoms. The first-order valence-corrected chi connectivity index (χ1v) is 7.76. The standard InChI is InChI=1S/C16H21NO2S/c1-12(2)19-15-5-3-4-13(8-15)9-17-10-16(18)14-6-7-20-11-14/h3-8,11-12,16-18H,9-10H2,1-2H3. The van der Waals surface area contributed by atoms with E-state index in [4.69, 9.17) is 4.74 Å². The van der Waals surface area contributed by atoms with E-state index in [1.54, 1.807) is 11.3 Å². The highest BCUT2D eigenvalue weighted by Crippen LogP contribution is 2.17. The van der Waals surface area contributed by atoms with Gasteiger partial charge in [-0.25, -0.2) is 0 Å². The van der Waals surface area contributed by atoms with Crippen LogP contribution in [0.15, 0.2) is 41.1 Å². The SMILES string of the molecule is CC(C)Oc1cccc(CNCC(O)c2ccsc2)c1. The summed E-state index contributed by atoms with van der Waals surface area (Å²) < 4.78 is 5.67. The number of nitrogens with one attached hydrogen (secondary N) is 1. The summed E-state index contributed by atoms with van der Waals surface area (Å²) in [5, 5.41) is 17.2. The Morgan fingerprint density at radius 1 is 1.30 bits per heavy atom. The third kappa shape index (κ3) is 4.63. The summed E-state index contributed by atoms with van der Waals surface area (Å²) in [6, 6.07) is 9.99. The number of hydrogen-bond donors (Lipinski definition) is 2. The van der Waals surface area contributed by atoms with E-state index in [1.807, 2.05) is 48.9 Å². The normalized spacial score (nSPS) is 12.6. The first kappa shape index (κ1) is 15.0. The highest BCUT2D eigenvalue weighted by molar-refractivity contribution is 7.07. The van der Waals surface area contributed by atoms with Gasteiger partial charge in [0.25, 0.3) is 0 Å². The van der Waals surface area contributed by atoms with Gasteiger partial charge in [0.05, 0.1) is 12.2 Å². The average Bonchev–Trinajstić information content (AvgIpc) is 2.92. The molecule has 1 aromatic carbocycles. The van der Waals surface area contributed by atoms with E-state index < -0.39 is 6.10 Å². The molecule has 0 aliphatic heterocycles. The van der Waals surface area contributed by atoms with Crippen molar-refractivity contribution in [3.05, 3.63) is 52.2 Å². The zero-order valence-electron chi connectivity index (χ0n) is 11.9. The average molecular weight is 291 g/mol. The maximum Gasteiger partial charge on any atom is 0.120 e. The Balaban J connectivity index is 1.82. The van der Waals surface area contributed by atoms with E-state index in [0.717, 1.165) is 23.4 Å². The molecule has 1 atom stereocenters. The third-order valence-electron chi connectivity index (χ3n) is 2.86. The Bertz CT molecular complexity index is 511. The molecule has 0 aliphatic rings. The number of hydrogen-bond acceptors (Lipinski definition) is 4. The van der Waals surface area contributed by atoms with E-state index in [-0.39, 0.29) is 6.10 Å². The number of thiophene rings is 1. The van der Waals surface area contributed by atoms with Crippen molar-refractivity contribution in [1.29, 1.82) is 0 Å². The molecule has 20 heavy (non-hydrogen) atoms. The first-order valence-electron chi connectivity index (χ1n) is 6.81. The molecule has 108 valence electrons. The fraction of sp³-hybridized carbons (Fsp3) is 0.375. The number of ether oxygens (including phenoxy) is 1. The predicted octanol–water partition coefficient (Wildman–Crippen LogP) is 3.36. The van der Waals surface area contributed by atoms with Crippen molar-refractivity contribution in [2.24, 2.45) is 0 Å². The van der Waals surface area contributed by atoms with Gasteiger partial charge in [0.1, 0.15) is 5.75 Å². The highest BCUT2D eigenvalue weighted by Gasteiger charge is 2.07. The molecule has 1 unspecified atom stereocenters. The van der Waals surface area contributed by atoms with Gasteiger partial charge in [0.15, 0.2) is 0 Å². The molecule has 2 aromatic rings. The van der Waals surface area contributed by atoms with Gasteiger partial charge in [-0.2, -0.15) is 11.3 Å². The molecule has 0 saturated heterocycles. The minimum atomic E-state index is -0.448. The van der Waals surface area contributed by atoms with Crippen LogP contribution in [0.4, 0.5) is 0 Å². The molecule has 1 heterocycles. The van der Waals surface area contributed by atoms with Crippen molar-refractivity contribution in [2.75, 3.05) is 6.54 Å². The van der Waals surface area contributed by atoms with E-state index in [0.29, 0.717) is 6.54 Å². The number of benzene rings is 1. The van der Waals surface area contributed by atoms with Gasteiger partial charge in [-0.15, -0.1) is 0 Å². The van der Waals surface area contributed by atoms with Crippen molar-refractivity contribution < 1.29 is 9.84 Å². The van der Waals surface area contributed by atoms with Crippen LogP contribution in [0.2, 0.25) is 0 Å². The molecule has 0 aliphatic carbocycles. The van der Waals surface area contributed by atoms with Crippen molar-refractivity contribution in [2.45, 2.75) is 32.6 Å². The summed E-state index contributed by atoms with van der Waals surface area (Å²) in [7, 11) is 0. The topological polar surface area (TPSA) is 41.5 Å². The zero-order chi connectivity index (χ0) is 14.4. The van der Waals surface area contributed by atoms with Gasteiger partial charge >= 0.3 is 0 Å². The smallest absolute Gasteiger partial charge is 0.120 e. The fourth-order valence-corrected chi connectivity index (χ4v) is 2.64. The molecule has 2 rings (SSSR count). The molecule has 0 radical (unpaired) electrons. The van der Waals surface area contributed by atoms with Gasteiger partial charge < -0.3 is 15.2 Å². The largest absolute Gasteiger partial charge is 0.491 e. The van der Waals surface area contributed by atoms with Crippen LogP contribution in [0.1, 0.15) is 31.1 Å². The van der Waals surface area contributed by atoms with Crippen molar-refractivity contribution in [3.63, 3.8) is 0 Å². The van der Waals surface area contributed by atoms with E-state index in [9.17, 15) is 5.11 Å². The second-order valence-corrected chi connectivity index (χ2v) is 5.80. The lowest BCUT2D eigenvalue weighted by molar-refractivity contribution is 0.175. The van der Waals surface area contributed by atoms with Crippen molar-refractivity contribution >= 4 is 11.3 Å². The Morgan fingerprint density at radius 3 is 2.85 bits per heavy atom. The summed E-state index contributed by atoms with van der Waals surface area (Å²) in [6.45, 7) is 5.30. The van der Waals surface area contributed by atoms with Crippen molar-refractivity contribution in [3.8, 4) is 5.75 Å². The maximum atomic E-state index is 9.98. The van der Waals surface area contributed by atoms with Crippen LogP contribution < -0.4 is 10.1 Å². The van der Waals surface area contributed by atoms with Gasteiger partial charge in [-0.05, 0) is 53.9 Å². The lowest BCUT2D eigenvalue weighted by Crippen LogP contribution is -2.20. The quantitative estimate of drug-likeness (QED) is 0.822. The molecule has 2 N–H and O–H groups in total. The molecule has 0 saturated carbocycles. The third-order valence-corrected chi connectivity index (χ3v) is 3.57. The van der Waals surface area contributed by atoms with Crippen LogP contribution in [-0.2, 0) is 6.54 Å². The second-order valence-electron chi connectivity index (χ2n) is 5.02. The lowest BCUT2D eigenvalue weighted by atomic mass is 10.2. The zero-order valence-corrected chi connectivity index (χ0v) is 12.7. The number of aliphatic hydroxyl groups excluding tert-OH is 1. The van der Waals surface area contributed by atoms with Crippen LogP contribution in [-0.4, -0.2) is 17.8 Å². The van der Waals surface area contributed by atoms with E-state index in [1.165, 1.54) is 0 Å². The second kappa shape index (κ2) is 7.43. The monoisotopic (exact) mass is 291 g/mol. The van der Waals surface area contributed by atoms with E-state index >= 15 is 0 Å². The number of rotatable bonds is 7. The van der Waals surface area contributed by atoms with Gasteiger partial charge in [0.2, 0.25) is 0 Å². The molecule has 3 nitrogen and oxygen atoms in total. The highest BCUT2D eigenvalue weighted by atomic mass is 32.1. The Kier molecular flexibility index (Phi) is 5.59. The fourth-order valence-electron chi connectivity index (χ4n) is 1.94. The van der Waals surface area contributed by atoms with Crippen LogP contribution in [0.5, 0.6) is 5.75 Å². The molecular weight excluding hydrogens is 270 g/mol. The van der Waals surface area contributed by atoms with Crippen LogP contribution in [0, 0.1) is 0 Å². The first-order chi connectivity index (χ1) is 9.65. The van der Waals surface area contributed by atoms with Crippen LogP contribution in [0.3, 0.4) is 0 Å². The molecular formula is C16H21NO2S. The van der Waals surface area contributed by atoms with Gasteiger partial charge in [-0.1, -0.05) is 12.1 Å². The molecule has 0 bridgehead atoms. The van der Waals surface area contributed by atoms with Gasteiger partial charge in [0, 0.05) is 13.1 Å². The minimum Gasteiger partial charge on any atom is -0.491 e. The molecule has 0 spiro atoms. The summed E-state index contributed by atoms with van der Waals surface area (Å²) in [5.74, 6) is 0.887. The number of aliphatic hydroxyl groups is 1. The van der Waals surface area contributed by atoms with Crippen LogP contribution >= 0.6 is 11.3 Å². The summed E-state index contributed by atoms with van der Waals surface area (Å²) in [5.41, 5.74) is 2.13. The molecule has 1 aromatic heterocycles. The Morgan fingerprint density at radius 2 is 2.15 bits per heavy atom. The van der Waals surface area contributed by atoms with Crippen LogP contribution in [0.25, 0.3) is 0 Å². The predicted molar refractivity (Wildman–Crippen MR) is 83.2 cm³/mol. The van der Waals surface area contributed by atoms with E-state index in [2.05, 4.69) is 11.4 Å². The minimum absolute atomic E-state index is 0.179. The summed E-state index contributed by atoms with van der Waals surface area (Å²) in [4.78, 5) is 0. The Labute approximate surface area is 124 Å². The van der Waals surface area contributed by atoms with Gasteiger partial charge in [-0.3, -0.25) is 0 Å². The maximum absolute atomic E-state index is 9.98. The molecule has 0 amide bonds.